The summed E-state index contributed by atoms with van der Waals surface area (Å²) in [5.41, 5.74) is 1.86. The molecule has 1 aromatic heterocycles. The number of rotatable bonds is 4. The molecule has 1 heterocycles. The lowest BCUT2D eigenvalue weighted by Crippen LogP contribution is -2.16. The van der Waals surface area contributed by atoms with Crippen LogP contribution in [0.5, 0.6) is 0 Å². The quantitative estimate of drug-likeness (QED) is 0.679. The Morgan fingerprint density at radius 2 is 1.96 bits per heavy atom. The summed E-state index contributed by atoms with van der Waals surface area (Å²) in [6.07, 6.45) is 0. The number of nitrogens with one attached hydrogen (secondary N) is 1. The highest BCUT2D eigenvalue weighted by atomic mass is 35.5. The Bertz CT molecular complexity index is 1100. The minimum atomic E-state index is -3.44. The number of aromatic nitrogens is 1. The van der Waals surface area contributed by atoms with Gasteiger partial charge < -0.3 is 0 Å². The molecule has 0 saturated heterocycles. The van der Waals surface area contributed by atoms with Gasteiger partial charge in [-0.05, 0) is 56.7 Å². The first-order valence-electron chi connectivity index (χ1n) is 7.91. The van der Waals surface area contributed by atoms with E-state index >= 15 is 0 Å². The molecule has 2 aromatic carbocycles. The fraction of sp³-hybridized carbons (Fsp3) is 0.222. The molecule has 8 heteroatoms. The minimum absolute atomic E-state index is 0.132. The third kappa shape index (κ3) is 3.47. The highest BCUT2D eigenvalue weighted by Crippen LogP contribution is 2.32. The largest absolute Gasteiger partial charge is 0.298 e. The van der Waals surface area contributed by atoms with Crippen LogP contribution in [-0.2, 0) is 9.84 Å². The molecular formula is C18H17ClN2O3S2. The standard InChI is InChI=1S/C18H17ClN2O3S2/c1-10(2)26(23,24)13-6-4-5-12(9-13)17(22)21-18-20-16-11(3)14(19)7-8-15(16)25-18/h4-10H,1-3H3,(H,20,21,22). The van der Waals surface area contributed by atoms with Crippen molar-refractivity contribution >= 4 is 54.0 Å². The maximum absolute atomic E-state index is 12.5. The number of aryl methyl sites for hydroxylation is 1. The molecule has 1 N–H and O–H groups in total. The summed E-state index contributed by atoms with van der Waals surface area (Å²) in [6.45, 7) is 5.09. The van der Waals surface area contributed by atoms with Crippen LogP contribution in [-0.4, -0.2) is 24.6 Å². The smallest absolute Gasteiger partial charge is 0.257 e. The van der Waals surface area contributed by atoms with Crippen LogP contribution >= 0.6 is 22.9 Å². The zero-order chi connectivity index (χ0) is 19.1. The van der Waals surface area contributed by atoms with Crippen LogP contribution in [0.3, 0.4) is 0 Å². The maximum Gasteiger partial charge on any atom is 0.257 e. The number of benzene rings is 2. The number of carbonyl (C=O) groups excluding carboxylic acids is 1. The monoisotopic (exact) mass is 408 g/mol. The summed E-state index contributed by atoms with van der Waals surface area (Å²) in [5, 5.41) is 3.23. The van der Waals surface area contributed by atoms with Gasteiger partial charge in [0.2, 0.25) is 0 Å². The van der Waals surface area contributed by atoms with Crippen LogP contribution < -0.4 is 5.32 Å². The third-order valence-electron chi connectivity index (χ3n) is 4.01. The van der Waals surface area contributed by atoms with Crippen LogP contribution in [0.25, 0.3) is 10.2 Å². The molecule has 0 bridgehead atoms. The molecule has 0 unspecified atom stereocenters. The normalized spacial score (nSPS) is 11.9. The molecule has 3 aromatic rings. The zero-order valence-electron chi connectivity index (χ0n) is 14.4. The van der Waals surface area contributed by atoms with Crippen LogP contribution in [0.15, 0.2) is 41.3 Å². The molecule has 0 fully saturated rings. The Labute approximate surface area is 160 Å². The van der Waals surface area contributed by atoms with Gasteiger partial charge >= 0.3 is 0 Å². The van der Waals surface area contributed by atoms with Gasteiger partial charge in [0.25, 0.3) is 5.91 Å². The Kier molecular flexibility index (Phi) is 5.05. The average molecular weight is 409 g/mol. The van der Waals surface area contributed by atoms with Crippen LogP contribution in [0.4, 0.5) is 5.13 Å². The van der Waals surface area contributed by atoms with Crippen molar-refractivity contribution in [3.63, 3.8) is 0 Å². The van der Waals surface area contributed by atoms with Crippen molar-refractivity contribution in [3.8, 4) is 0 Å². The Morgan fingerprint density at radius 3 is 2.65 bits per heavy atom. The van der Waals surface area contributed by atoms with Gasteiger partial charge in [0, 0.05) is 10.6 Å². The van der Waals surface area contributed by atoms with E-state index in [4.69, 9.17) is 11.6 Å². The number of fused-ring (bicyclic) bond motifs is 1. The number of carbonyl (C=O) groups is 1. The fourth-order valence-corrected chi connectivity index (χ4v) is 4.59. The lowest BCUT2D eigenvalue weighted by Gasteiger charge is -2.09. The van der Waals surface area contributed by atoms with E-state index in [1.165, 1.54) is 23.5 Å². The van der Waals surface area contributed by atoms with E-state index in [-0.39, 0.29) is 10.5 Å². The van der Waals surface area contributed by atoms with Gasteiger partial charge in [0.1, 0.15) is 0 Å². The Balaban J connectivity index is 1.90. The molecular weight excluding hydrogens is 392 g/mol. The molecule has 1 amide bonds. The van der Waals surface area contributed by atoms with Gasteiger partial charge in [0.05, 0.1) is 20.4 Å². The predicted octanol–water partition coefficient (Wildman–Crippen LogP) is 4.69. The molecule has 0 aliphatic carbocycles. The number of amides is 1. The Morgan fingerprint density at radius 1 is 1.23 bits per heavy atom. The number of hydrogen-bond acceptors (Lipinski definition) is 5. The minimum Gasteiger partial charge on any atom is -0.298 e. The second-order valence-electron chi connectivity index (χ2n) is 6.11. The lowest BCUT2D eigenvalue weighted by atomic mass is 10.2. The predicted molar refractivity (Wildman–Crippen MR) is 106 cm³/mol. The van der Waals surface area contributed by atoms with E-state index in [0.717, 1.165) is 15.8 Å². The van der Waals surface area contributed by atoms with Crippen molar-refractivity contribution in [2.45, 2.75) is 30.9 Å². The number of nitrogens with zero attached hydrogens (tertiary/aromatic N) is 1. The highest BCUT2D eigenvalue weighted by molar-refractivity contribution is 7.92. The molecule has 3 rings (SSSR count). The van der Waals surface area contributed by atoms with Crippen molar-refractivity contribution in [3.05, 3.63) is 52.5 Å². The second kappa shape index (κ2) is 6.98. The average Bonchev–Trinajstić information content (AvgIpc) is 3.01. The molecule has 0 aliphatic rings. The molecule has 0 saturated carbocycles. The fourth-order valence-electron chi connectivity index (χ4n) is 2.41. The molecule has 5 nitrogen and oxygen atoms in total. The molecule has 0 aliphatic heterocycles. The number of sulfone groups is 1. The summed E-state index contributed by atoms with van der Waals surface area (Å²) in [6, 6.07) is 9.67. The van der Waals surface area contributed by atoms with Crippen LogP contribution in [0, 0.1) is 6.92 Å². The van der Waals surface area contributed by atoms with E-state index in [0.29, 0.717) is 10.2 Å². The van der Waals surface area contributed by atoms with E-state index in [9.17, 15) is 13.2 Å². The molecule has 136 valence electrons. The SMILES string of the molecule is Cc1c(Cl)ccc2sc(NC(=O)c3cccc(S(=O)(=O)C(C)C)c3)nc12. The van der Waals surface area contributed by atoms with Gasteiger partial charge in [-0.25, -0.2) is 13.4 Å². The third-order valence-corrected chi connectivity index (χ3v) is 7.51. The summed E-state index contributed by atoms with van der Waals surface area (Å²) in [4.78, 5) is 17.1. The summed E-state index contributed by atoms with van der Waals surface area (Å²) >= 11 is 7.44. The van der Waals surface area contributed by atoms with E-state index in [1.807, 2.05) is 13.0 Å². The van der Waals surface area contributed by atoms with Crippen LogP contribution in [0.2, 0.25) is 5.02 Å². The Hall–Kier alpha value is -1.96. The van der Waals surface area contributed by atoms with E-state index < -0.39 is 21.0 Å². The number of halogens is 1. The van der Waals surface area contributed by atoms with Crippen molar-refractivity contribution < 1.29 is 13.2 Å². The van der Waals surface area contributed by atoms with Gasteiger partial charge in [-0.15, -0.1) is 0 Å². The van der Waals surface area contributed by atoms with Crippen molar-refractivity contribution in [2.24, 2.45) is 0 Å². The number of thiazole rings is 1. The van der Waals surface area contributed by atoms with Gasteiger partial charge in [-0.1, -0.05) is 29.0 Å². The topological polar surface area (TPSA) is 76.1 Å². The van der Waals surface area contributed by atoms with E-state index in [1.54, 1.807) is 32.0 Å². The second-order valence-corrected chi connectivity index (χ2v) is 10.1. The van der Waals surface area contributed by atoms with Crippen LogP contribution in [0.1, 0.15) is 29.8 Å². The summed E-state index contributed by atoms with van der Waals surface area (Å²) < 4.78 is 25.5. The first-order valence-corrected chi connectivity index (χ1v) is 10.6. The van der Waals surface area contributed by atoms with Crippen molar-refractivity contribution in [1.82, 2.24) is 4.98 Å². The van der Waals surface area contributed by atoms with Crippen molar-refractivity contribution in [2.75, 3.05) is 5.32 Å². The summed E-state index contributed by atoms with van der Waals surface area (Å²) in [7, 11) is -3.44. The molecule has 0 spiro atoms. The van der Waals surface area contributed by atoms with Gasteiger partial charge in [-0.2, -0.15) is 0 Å². The van der Waals surface area contributed by atoms with Crippen molar-refractivity contribution in [1.29, 1.82) is 0 Å². The summed E-state index contributed by atoms with van der Waals surface area (Å²) in [5.74, 6) is -0.409. The first-order chi connectivity index (χ1) is 12.2. The van der Waals surface area contributed by atoms with Gasteiger partial charge in [-0.3, -0.25) is 10.1 Å². The lowest BCUT2D eigenvalue weighted by molar-refractivity contribution is 0.102. The highest BCUT2D eigenvalue weighted by Gasteiger charge is 2.20. The molecule has 26 heavy (non-hydrogen) atoms. The zero-order valence-corrected chi connectivity index (χ0v) is 16.8. The number of anilines is 1. The number of hydrogen-bond donors (Lipinski definition) is 1. The maximum atomic E-state index is 12.5. The van der Waals surface area contributed by atoms with E-state index in [2.05, 4.69) is 10.3 Å². The molecule has 0 atom stereocenters. The van der Waals surface area contributed by atoms with Gasteiger partial charge in [0.15, 0.2) is 15.0 Å². The first kappa shape index (κ1) is 18.8. The molecule has 0 radical (unpaired) electrons.